The second kappa shape index (κ2) is 9.42. The molecule has 0 aliphatic heterocycles. The van der Waals surface area contributed by atoms with Gasteiger partial charge < -0.3 is 10.1 Å². The average Bonchev–Trinajstić information content (AvgIpc) is 2.49. The van der Waals surface area contributed by atoms with Gasteiger partial charge in [-0.2, -0.15) is 11.8 Å². The molecule has 1 atom stereocenters. The number of amides is 1. The number of benzene rings is 1. The Morgan fingerprint density at radius 1 is 1.30 bits per heavy atom. The summed E-state index contributed by atoms with van der Waals surface area (Å²) in [6, 6.07) is 8.29. The number of thioether (sulfide) groups is 1. The first-order valence-electron chi connectivity index (χ1n) is 6.70. The summed E-state index contributed by atoms with van der Waals surface area (Å²) in [5, 5.41) is 2.75. The van der Waals surface area contributed by atoms with Gasteiger partial charge in [-0.05, 0) is 37.0 Å². The van der Waals surface area contributed by atoms with E-state index in [9.17, 15) is 9.59 Å². The van der Waals surface area contributed by atoms with Crippen molar-refractivity contribution in [3.63, 3.8) is 0 Å². The van der Waals surface area contributed by atoms with E-state index in [1.54, 1.807) is 36.0 Å². The lowest BCUT2D eigenvalue weighted by Gasteiger charge is -2.17. The fourth-order valence-corrected chi connectivity index (χ4v) is 2.09. The summed E-state index contributed by atoms with van der Waals surface area (Å²) in [5.74, 6) is 0.191. The van der Waals surface area contributed by atoms with Gasteiger partial charge in [0.25, 0.3) is 5.91 Å². The maximum absolute atomic E-state index is 12.1. The second-order valence-corrected chi connectivity index (χ2v) is 5.33. The van der Waals surface area contributed by atoms with Crippen LogP contribution >= 0.6 is 11.8 Å². The molecule has 1 aromatic rings. The number of esters is 1. The summed E-state index contributed by atoms with van der Waals surface area (Å²) >= 11 is 1.64. The highest BCUT2D eigenvalue weighted by Gasteiger charge is 2.22. The van der Waals surface area contributed by atoms with Crippen LogP contribution in [0.25, 0.3) is 0 Å². The van der Waals surface area contributed by atoms with Crippen LogP contribution in [0.5, 0.6) is 0 Å². The van der Waals surface area contributed by atoms with Crippen LogP contribution in [0.3, 0.4) is 0 Å². The topological polar surface area (TPSA) is 55.4 Å². The van der Waals surface area contributed by atoms with Crippen molar-refractivity contribution in [1.82, 2.24) is 5.32 Å². The van der Waals surface area contributed by atoms with Crippen LogP contribution in [0, 0.1) is 0 Å². The zero-order valence-electron chi connectivity index (χ0n) is 11.9. The number of rotatable bonds is 8. The molecule has 0 spiro atoms. The summed E-state index contributed by atoms with van der Waals surface area (Å²) < 4.78 is 5.12. The molecule has 4 nitrogen and oxygen atoms in total. The Morgan fingerprint density at radius 3 is 2.60 bits per heavy atom. The first-order valence-corrected chi connectivity index (χ1v) is 8.10. The highest BCUT2D eigenvalue weighted by atomic mass is 32.2. The van der Waals surface area contributed by atoms with Crippen LogP contribution in [-0.4, -0.2) is 36.5 Å². The Balaban J connectivity index is 2.63. The minimum absolute atomic E-state index is 0.245. The Bertz CT molecular complexity index is 422. The van der Waals surface area contributed by atoms with Gasteiger partial charge in [0.1, 0.15) is 6.04 Å². The molecule has 1 amide bonds. The van der Waals surface area contributed by atoms with Gasteiger partial charge in [-0.3, -0.25) is 4.79 Å². The molecule has 1 N–H and O–H groups in total. The molecule has 1 aromatic carbocycles. The van der Waals surface area contributed by atoms with Crippen LogP contribution in [0.2, 0.25) is 0 Å². The Kier molecular flexibility index (Phi) is 7.80. The van der Waals surface area contributed by atoms with Gasteiger partial charge in [-0.25, -0.2) is 4.79 Å². The fraction of sp³-hybridized carbons (Fsp3) is 0.467. The van der Waals surface area contributed by atoms with Crippen LogP contribution in [0.15, 0.2) is 30.3 Å². The Hall–Kier alpha value is -1.49. The van der Waals surface area contributed by atoms with E-state index in [0.717, 1.165) is 12.2 Å². The van der Waals surface area contributed by atoms with Crippen LogP contribution < -0.4 is 5.32 Å². The molecule has 0 bridgehead atoms. The summed E-state index contributed by atoms with van der Waals surface area (Å²) in [4.78, 5) is 24.0. The third kappa shape index (κ3) is 5.65. The van der Waals surface area contributed by atoms with Crippen LogP contribution in [0.1, 0.15) is 30.1 Å². The lowest BCUT2D eigenvalue weighted by atomic mass is 10.1. The summed E-state index contributed by atoms with van der Waals surface area (Å²) in [5.41, 5.74) is 0.546. The molecule has 0 aliphatic carbocycles. The van der Waals surface area contributed by atoms with E-state index in [2.05, 4.69) is 5.32 Å². The maximum atomic E-state index is 12.1. The van der Waals surface area contributed by atoms with E-state index in [-0.39, 0.29) is 11.9 Å². The second-order valence-electron chi connectivity index (χ2n) is 4.34. The van der Waals surface area contributed by atoms with Crippen molar-refractivity contribution in [2.45, 2.75) is 25.8 Å². The fourth-order valence-electron chi connectivity index (χ4n) is 1.62. The van der Waals surface area contributed by atoms with Gasteiger partial charge in [-0.1, -0.05) is 25.1 Å². The quantitative estimate of drug-likeness (QED) is 0.749. The van der Waals surface area contributed by atoms with Crippen molar-refractivity contribution in [3.05, 3.63) is 35.9 Å². The largest absolute Gasteiger partial charge is 0.464 e. The molecule has 5 heteroatoms. The first kappa shape index (κ1) is 16.6. The van der Waals surface area contributed by atoms with E-state index in [1.807, 2.05) is 19.2 Å². The van der Waals surface area contributed by atoms with E-state index < -0.39 is 6.04 Å². The third-order valence-electron chi connectivity index (χ3n) is 2.68. The molecule has 0 aromatic heterocycles. The molecular formula is C15H21NO3S. The lowest BCUT2D eigenvalue weighted by Crippen LogP contribution is -2.42. The van der Waals surface area contributed by atoms with E-state index in [4.69, 9.17) is 4.74 Å². The van der Waals surface area contributed by atoms with Crippen molar-refractivity contribution in [2.75, 3.05) is 18.6 Å². The van der Waals surface area contributed by atoms with Gasteiger partial charge >= 0.3 is 5.97 Å². The van der Waals surface area contributed by atoms with Gasteiger partial charge in [0.05, 0.1) is 6.61 Å². The predicted octanol–water partition coefficient (Wildman–Crippen LogP) is 2.49. The van der Waals surface area contributed by atoms with Gasteiger partial charge in [0.2, 0.25) is 0 Å². The number of hydrogen-bond donors (Lipinski definition) is 1. The lowest BCUT2D eigenvalue weighted by molar-refractivity contribution is -0.146. The first-order chi connectivity index (χ1) is 9.69. The van der Waals surface area contributed by atoms with Gasteiger partial charge in [0.15, 0.2) is 0 Å². The van der Waals surface area contributed by atoms with Crippen molar-refractivity contribution < 1.29 is 14.3 Å². The maximum Gasteiger partial charge on any atom is 0.328 e. The monoisotopic (exact) mass is 295 g/mol. The standard InChI is InChI=1S/C15H21NO3S/c1-3-10-19-15(18)13(9-11-20-2)16-14(17)12-7-5-4-6-8-12/h4-8,13H,3,9-11H2,1-2H3,(H,16,17). The predicted molar refractivity (Wildman–Crippen MR) is 81.9 cm³/mol. The highest BCUT2D eigenvalue weighted by molar-refractivity contribution is 7.98. The number of carbonyl (C=O) groups is 2. The molecule has 110 valence electrons. The van der Waals surface area contributed by atoms with Crippen LogP contribution in [0.4, 0.5) is 0 Å². The molecule has 1 unspecified atom stereocenters. The van der Waals surface area contributed by atoms with E-state index in [0.29, 0.717) is 18.6 Å². The van der Waals surface area contributed by atoms with E-state index in [1.165, 1.54) is 0 Å². The average molecular weight is 295 g/mol. The minimum Gasteiger partial charge on any atom is -0.464 e. The Morgan fingerprint density at radius 2 is 2.00 bits per heavy atom. The molecule has 0 heterocycles. The zero-order chi connectivity index (χ0) is 14.8. The van der Waals surface area contributed by atoms with Gasteiger partial charge in [0, 0.05) is 5.56 Å². The molecular weight excluding hydrogens is 274 g/mol. The Labute approximate surface area is 124 Å². The van der Waals surface area contributed by atoms with E-state index >= 15 is 0 Å². The molecule has 0 radical (unpaired) electrons. The zero-order valence-corrected chi connectivity index (χ0v) is 12.7. The summed E-state index contributed by atoms with van der Waals surface area (Å²) in [7, 11) is 0. The SMILES string of the molecule is CCCOC(=O)C(CCSC)NC(=O)c1ccccc1. The number of nitrogens with one attached hydrogen (secondary N) is 1. The number of hydrogen-bond acceptors (Lipinski definition) is 4. The molecule has 0 saturated heterocycles. The molecule has 0 aliphatic rings. The smallest absolute Gasteiger partial charge is 0.328 e. The molecule has 1 rings (SSSR count). The third-order valence-corrected chi connectivity index (χ3v) is 3.33. The van der Waals surface area contributed by atoms with Crippen LogP contribution in [-0.2, 0) is 9.53 Å². The normalized spacial score (nSPS) is 11.7. The van der Waals surface area contributed by atoms with Crippen molar-refractivity contribution in [2.24, 2.45) is 0 Å². The van der Waals surface area contributed by atoms with Crippen molar-refractivity contribution in [1.29, 1.82) is 0 Å². The van der Waals surface area contributed by atoms with Gasteiger partial charge in [-0.15, -0.1) is 0 Å². The summed E-state index contributed by atoms with van der Waals surface area (Å²) in [6.45, 7) is 2.32. The minimum atomic E-state index is -0.582. The summed E-state index contributed by atoms with van der Waals surface area (Å²) in [6.07, 6.45) is 3.31. The molecule has 0 saturated carbocycles. The number of carbonyl (C=O) groups excluding carboxylic acids is 2. The highest BCUT2D eigenvalue weighted by Crippen LogP contribution is 2.06. The molecule has 20 heavy (non-hydrogen) atoms. The van der Waals surface area contributed by atoms with Crippen molar-refractivity contribution in [3.8, 4) is 0 Å². The van der Waals surface area contributed by atoms with Crippen molar-refractivity contribution >= 4 is 23.6 Å². The molecule has 0 fully saturated rings. The number of ether oxygens (including phenoxy) is 1.